The molecule has 1 aromatic rings. The molecule has 2 heterocycles. The molecule has 0 bridgehead atoms. The van der Waals surface area contributed by atoms with Gasteiger partial charge in [0.15, 0.2) is 15.8 Å². The average molecular weight is 354 g/mol. The summed E-state index contributed by atoms with van der Waals surface area (Å²) in [6.07, 6.45) is 1.69. The van der Waals surface area contributed by atoms with E-state index in [-0.39, 0.29) is 5.75 Å². The van der Waals surface area contributed by atoms with Gasteiger partial charge in [0, 0.05) is 31.9 Å². The Bertz CT molecular complexity index is 701. The van der Waals surface area contributed by atoms with E-state index in [9.17, 15) is 8.42 Å². The summed E-state index contributed by atoms with van der Waals surface area (Å²) in [5, 5.41) is 3.25. The number of aromatic nitrogens is 1. The van der Waals surface area contributed by atoms with E-state index in [4.69, 9.17) is 4.74 Å². The van der Waals surface area contributed by atoms with Gasteiger partial charge in [-0.2, -0.15) is 0 Å². The van der Waals surface area contributed by atoms with Crippen molar-refractivity contribution in [1.82, 2.24) is 15.2 Å². The van der Waals surface area contributed by atoms with Crippen molar-refractivity contribution in [3.63, 3.8) is 0 Å². The minimum absolute atomic E-state index is 0.146. The summed E-state index contributed by atoms with van der Waals surface area (Å²) in [6.45, 7) is 7.62. The maximum absolute atomic E-state index is 12.2. The van der Waals surface area contributed by atoms with E-state index in [1.807, 2.05) is 24.0 Å². The second kappa shape index (κ2) is 7.38. The Morgan fingerprint density at radius 1 is 1.50 bits per heavy atom. The Labute approximate surface area is 144 Å². The van der Waals surface area contributed by atoms with Crippen molar-refractivity contribution in [3.05, 3.63) is 23.9 Å². The van der Waals surface area contributed by atoms with Crippen molar-refractivity contribution in [2.45, 2.75) is 32.1 Å². The van der Waals surface area contributed by atoms with Crippen LogP contribution in [0.4, 0.5) is 0 Å². The van der Waals surface area contributed by atoms with Gasteiger partial charge < -0.3 is 15.0 Å². The van der Waals surface area contributed by atoms with Gasteiger partial charge in [0.1, 0.15) is 0 Å². The number of hydrogen-bond acceptors (Lipinski definition) is 5. The zero-order valence-electron chi connectivity index (χ0n) is 14.7. The van der Waals surface area contributed by atoms with Crippen LogP contribution >= 0.6 is 0 Å². The van der Waals surface area contributed by atoms with Gasteiger partial charge in [-0.15, -0.1) is 0 Å². The Morgan fingerprint density at radius 2 is 2.25 bits per heavy atom. The van der Waals surface area contributed by atoms with Gasteiger partial charge in [-0.3, -0.25) is 0 Å². The first kappa shape index (κ1) is 18.5. The molecule has 2 rings (SSSR count). The largest absolute Gasteiger partial charge is 0.481 e. The summed E-state index contributed by atoms with van der Waals surface area (Å²) in [5.74, 6) is 1.43. The molecule has 0 aromatic carbocycles. The lowest BCUT2D eigenvalue weighted by Gasteiger charge is -2.39. The summed E-state index contributed by atoms with van der Waals surface area (Å²) in [5.41, 5.74) is 0.987. The van der Waals surface area contributed by atoms with Crippen molar-refractivity contribution in [2.24, 2.45) is 4.99 Å². The normalized spacial score (nSPS) is 19.8. The molecule has 1 aromatic heterocycles. The highest BCUT2D eigenvalue weighted by Crippen LogP contribution is 2.23. The first-order chi connectivity index (χ1) is 11.3. The number of guanidine groups is 1. The maximum atomic E-state index is 12.2. The van der Waals surface area contributed by atoms with Crippen LogP contribution in [0.1, 0.15) is 26.3 Å². The van der Waals surface area contributed by atoms with Crippen LogP contribution < -0.4 is 10.1 Å². The summed E-state index contributed by atoms with van der Waals surface area (Å²) < 4.78 is 28.7. The zero-order chi connectivity index (χ0) is 17.8. The lowest BCUT2D eigenvalue weighted by Crippen LogP contribution is -2.57. The molecule has 1 saturated heterocycles. The molecule has 1 aliphatic rings. The highest BCUT2D eigenvalue weighted by molar-refractivity contribution is 7.92. The number of pyridine rings is 1. The molecule has 0 amide bonds. The molecule has 24 heavy (non-hydrogen) atoms. The number of nitrogens with one attached hydrogen (secondary N) is 1. The SMILES string of the molecule is CCNC(=NCc1ccnc(OC)c1)N1CCS(=O)(=O)C(C)(C)C1. The van der Waals surface area contributed by atoms with E-state index in [2.05, 4.69) is 15.3 Å². The Balaban J connectivity index is 2.16. The molecule has 1 fully saturated rings. The lowest BCUT2D eigenvalue weighted by molar-refractivity contribution is 0.353. The van der Waals surface area contributed by atoms with Gasteiger partial charge in [0.25, 0.3) is 0 Å². The predicted octanol–water partition coefficient (Wildman–Crippen LogP) is 1.06. The molecule has 1 aliphatic heterocycles. The second-order valence-electron chi connectivity index (χ2n) is 6.38. The molecule has 0 saturated carbocycles. The standard InChI is InChI=1S/C16H26N4O3S/c1-5-17-15(19-11-13-6-7-18-14(10-13)23-4)20-8-9-24(21,22)16(2,3)12-20/h6-7,10H,5,8-9,11-12H2,1-4H3,(H,17,19). The molecular formula is C16H26N4O3S. The van der Waals surface area contributed by atoms with Crippen LogP contribution in [0.5, 0.6) is 5.88 Å². The average Bonchev–Trinajstić information content (AvgIpc) is 2.54. The van der Waals surface area contributed by atoms with Gasteiger partial charge in [0.2, 0.25) is 5.88 Å². The van der Waals surface area contributed by atoms with Crippen molar-refractivity contribution in [1.29, 1.82) is 0 Å². The van der Waals surface area contributed by atoms with Gasteiger partial charge in [-0.1, -0.05) is 0 Å². The minimum Gasteiger partial charge on any atom is -0.481 e. The fourth-order valence-electron chi connectivity index (χ4n) is 2.58. The fourth-order valence-corrected chi connectivity index (χ4v) is 3.94. The van der Waals surface area contributed by atoms with Crippen molar-refractivity contribution in [3.8, 4) is 5.88 Å². The lowest BCUT2D eigenvalue weighted by atomic mass is 10.2. The van der Waals surface area contributed by atoms with E-state index < -0.39 is 14.6 Å². The van der Waals surface area contributed by atoms with E-state index in [0.717, 1.165) is 18.1 Å². The molecule has 8 heteroatoms. The Kier molecular flexibility index (Phi) is 5.69. The van der Waals surface area contributed by atoms with E-state index in [1.54, 1.807) is 27.2 Å². The van der Waals surface area contributed by atoms with Crippen molar-refractivity contribution >= 4 is 15.8 Å². The number of ether oxygens (including phenoxy) is 1. The third-order valence-electron chi connectivity index (χ3n) is 4.10. The van der Waals surface area contributed by atoms with Crippen LogP contribution in [0.2, 0.25) is 0 Å². The van der Waals surface area contributed by atoms with Crippen molar-refractivity contribution in [2.75, 3.05) is 32.5 Å². The molecule has 0 atom stereocenters. The molecule has 134 valence electrons. The topological polar surface area (TPSA) is 83.9 Å². The monoisotopic (exact) mass is 354 g/mol. The van der Waals surface area contributed by atoms with Crippen molar-refractivity contribution < 1.29 is 13.2 Å². The number of aliphatic imine (C=N–C) groups is 1. The van der Waals surface area contributed by atoms with E-state index in [1.165, 1.54) is 0 Å². The van der Waals surface area contributed by atoms with E-state index in [0.29, 0.717) is 25.5 Å². The van der Waals surface area contributed by atoms with Gasteiger partial charge in [-0.05, 0) is 32.4 Å². The number of rotatable bonds is 4. The summed E-state index contributed by atoms with van der Waals surface area (Å²) in [6, 6.07) is 3.73. The first-order valence-electron chi connectivity index (χ1n) is 8.03. The number of sulfone groups is 1. The van der Waals surface area contributed by atoms with E-state index >= 15 is 0 Å². The smallest absolute Gasteiger partial charge is 0.213 e. The highest BCUT2D eigenvalue weighted by Gasteiger charge is 2.40. The predicted molar refractivity (Wildman–Crippen MR) is 95.0 cm³/mol. The minimum atomic E-state index is -3.07. The van der Waals surface area contributed by atoms with Gasteiger partial charge in [0.05, 0.1) is 24.2 Å². The second-order valence-corrected chi connectivity index (χ2v) is 9.12. The number of nitrogens with zero attached hydrogens (tertiary/aromatic N) is 3. The molecule has 0 spiro atoms. The maximum Gasteiger partial charge on any atom is 0.213 e. The first-order valence-corrected chi connectivity index (χ1v) is 9.69. The molecule has 1 N–H and O–H groups in total. The van der Waals surface area contributed by atoms with Crippen LogP contribution in [0, 0.1) is 0 Å². The van der Waals surface area contributed by atoms with Crippen LogP contribution in [-0.2, 0) is 16.4 Å². The quantitative estimate of drug-likeness (QED) is 0.643. The van der Waals surface area contributed by atoms with Crippen LogP contribution in [0.25, 0.3) is 0 Å². The summed E-state index contributed by atoms with van der Waals surface area (Å²) in [7, 11) is -1.49. The molecular weight excluding hydrogens is 328 g/mol. The third-order valence-corrected chi connectivity index (χ3v) is 6.63. The van der Waals surface area contributed by atoms with Crippen LogP contribution in [0.3, 0.4) is 0 Å². The number of hydrogen-bond donors (Lipinski definition) is 1. The Morgan fingerprint density at radius 3 is 2.88 bits per heavy atom. The fraction of sp³-hybridized carbons (Fsp3) is 0.625. The van der Waals surface area contributed by atoms with Crippen LogP contribution in [-0.4, -0.2) is 61.5 Å². The zero-order valence-corrected chi connectivity index (χ0v) is 15.6. The van der Waals surface area contributed by atoms with Gasteiger partial charge in [-0.25, -0.2) is 18.4 Å². The highest BCUT2D eigenvalue weighted by atomic mass is 32.2. The molecule has 7 nitrogen and oxygen atoms in total. The molecule has 0 radical (unpaired) electrons. The molecule has 0 aliphatic carbocycles. The Hall–Kier alpha value is -1.83. The summed E-state index contributed by atoms with van der Waals surface area (Å²) >= 11 is 0. The summed E-state index contributed by atoms with van der Waals surface area (Å²) in [4.78, 5) is 10.7. The molecule has 0 unspecified atom stereocenters. The third kappa shape index (κ3) is 4.17. The van der Waals surface area contributed by atoms with Crippen LogP contribution in [0.15, 0.2) is 23.3 Å². The van der Waals surface area contributed by atoms with Gasteiger partial charge >= 0.3 is 0 Å². The number of methoxy groups -OCH3 is 1.